The lowest BCUT2D eigenvalue weighted by atomic mass is 9.84. The van der Waals surface area contributed by atoms with E-state index in [-0.39, 0.29) is 17.3 Å². The Balaban J connectivity index is 1.41. The van der Waals surface area contributed by atoms with Crippen LogP contribution in [0.1, 0.15) is 43.4 Å². The molecular weight excluding hydrogens is 537 g/mol. The number of aryl methyl sites for hydroxylation is 1. The van der Waals surface area contributed by atoms with Crippen LogP contribution in [0.5, 0.6) is 5.75 Å². The number of amides is 1. The van der Waals surface area contributed by atoms with E-state index in [0.717, 1.165) is 22.2 Å². The number of benzene rings is 2. The first-order valence-corrected chi connectivity index (χ1v) is 13.9. The number of ether oxygens (including phenoxy) is 1. The largest absolute Gasteiger partial charge is 0.493 e. The van der Waals surface area contributed by atoms with Gasteiger partial charge in [-0.2, -0.15) is 18.7 Å². The number of hydroxylamine groups is 1. The van der Waals surface area contributed by atoms with Crippen molar-refractivity contribution in [3.8, 4) is 5.75 Å². The fraction of sp³-hybridized carbons (Fsp3) is 0.370. The first kappa shape index (κ1) is 28.3. The first-order chi connectivity index (χ1) is 18.4. The topological polar surface area (TPSA) is 112 Å². The summed E-state index contributed by atoms with van der Waals surface area (Å²) in [6.45, 7) is 2.15. The van der Waals surface area contributed by atoms with E-state index in [0.29, 0.717) is 31.4 Å². The second kappa shape index (κ2) is 11.2. The molecule has 1 N–H and O–H groups in total. The Morgan fingerprint density at radius 3 is 2.38 bits per heavy atom. The molecule has 0 unspecified atom stereocenters. The van der Waals surface area contributed by atoms with Gasteiger partial charge in [0.05, 0.1) is 16.2 Å². The molecule has 1 amide bonds. The number of sulfone groups is 1. The first-order valence-electron chi connectivity index (χ1n) is 12.2. The summed E-state index contributed by atoms with van der Waals surface area (Å²) in [4.78, 5) is 31.4. The Hall–Kier alpha value is -3.67. The molecule has 3 aromatic rings. The van der Waals surface area contributed by atoms with Gasteiger partial charge in [-0.3, -0.25) is 9.78 Å². The summed E-state index contributed by atoms with van der Waals surface area (Å²) in [6.07, 6.45) is -3.52. The zero-order valence-electron chi connectivity index (χ0n) is 21.1. The highest BCUT2D eigenvalue weighted by Crippen LogP contribution is 2.43. The molecule has 0 radical (unpaired) electrons. The zero-order chi connectivity index (χ0) is 28.3. The third-order valence-electron chi connectivity index (χ3n) is 6.69. The van der Waals surface area contributed by atoms with E-state index in [4.69, 9.17) is 4.74 Å². The normalized spacial score (nSPS) is 15.2. The third-order valence-corrected chi connectivity index (χ3v) is 8.67. The summed E-state index contributed by atoms with van der Waals surface area (Å²) in [7, 11) is -3.85. The molecule has 0 saturated heterocycles. The van der Waals surface area contributed by atoms with Gasteiger partial charge in [-0.05, 0) is 61.6 Å². The van der Waals surface area contributed by atoms with Crippen LogP contribution in [0.4, 0.5) is 13.2 Å². The monoisotopic (exact) mass is 564 g/mol. The number of hydrogen-bond donors (Lipinski definition) is 1. The predicted octanol–water partition coefficient (Wildman–Crippen LogP) is 4.98. The lowest BCUT2D eigenvalue weighted by Gasteiger charge is -2.28. The molecule has 1 saturated carbocycles. The van der Waals surface area contributed by atoms with Gasteiger partial charge in [0.15, 0.2) is 9.84 Å². The number of nitrogens with one attached hydrogen (secondary N) is 1. The summed E-state index contributed by atoms with van der Waals surface area (Å²) in [5.41, 5.74) is 3.15. The average molecular weight is 565 g/mol. The second-order valence-corrected chi connectivity index (χ2v) is 11.7. The van der Waals surface area contributed by atoms with Gasteiger partial charge in [-0.1, -0.05) is 31.0 Å². The van der Waals surface area contributed by atoms with Gasteiger partial charge in [0.25, 0.3) is 5.91 Å². The molecule has 0 spiro atoms. The maximum absolute atomic E-state index is 13.2. The van der Waals surface area contributed by atoms with Crippen LogP contribution < -0.4 is 10.2 Å². The zero-order valence-corrected chi connectivity index (χ0v) is 21.9. The molecule has 39 heavy (non-hydrogen) atoms. The Labute approximate surface area is 223 Å². The number of carbonyl (C=O) groups is 2. The highest BCUT2D eigenvalue weighted by molar-refractivity contribution is 7.91. The standard InChI is InChI=1S/C27H27F3N2O6S/c1-18-14-19(22-6-2-3-7-23(22)31-18)16-37-20-8-10-21(11-9-20)39(35,36)17-26(12-4-5-13-26)15-24(33)32-38-25(34)27(28,29)30/h2-3,6-11,14H,4-5,12-13,15-17H2,1H3,(H,32,33). The molecule has 0 bridgehead atoms. The minimum absolute atomic E-state index is 0.0373. The molecular formula is C27H27F3N2O6S. The van der Waals surface area contributed by atoms with Gasteiger partial charge in [0, 0.05) is 23.1 Å². The van der Waals surface area contributed by atoms with Crippen LogP contribution in [-0.2, 0) is 30.9 Å². The fourth-order valence-corrected chi connectivity index (χ4v) is 6.85. The molecule has 1 fully saturated rings. The predicted molar refractivity (Wildman–Crippen MR) is 135 cm³/mol. The van der Waals surface area contributed by atoms with Crippen molar-refractivity contribution in [3.63, 3.8) is 0 Å². The van der Waals surface area contributed by atoms with Crippen molar-refractivity contribution < 1.29 is 40.8 Å². The lowest BCUT2D eigenvalue weighted by molar-refractivity contribution is -0.207. The molecule has 0 aliphatic heterocycles. The smallest absolute Gasteiger partial charge is 0.489 e. The number of halogens is 3. The van der Waals surface area contributed by atoms with Gasteiger partial charge in [0.1, 0.15) is 12.4 Å². The number of pyridine rings is 1. The van der Waals surface area contributed by atoms with Gasteiger partial charge >= 0.3 is 12.1 Å². The molecule has 2 aromatic carbocycles. The summed E-state index contributed by atoms with van der Waals surface area (Å²) in [5.74, 6) is -3.46. The van der Waals surface area contributed by atoms with Gasteiger partial charge in [-0.15, -0.1) is 0 Å². The van der Waals surface area contributed by atoms with Gasteiger partial charge in [-0.25, -0.2) is 13.2 Å². The number of para-hydroxylation sites is 1. The molecule has 1 aromatic heterocycles. The summed E-state index contributed by atoms with van der Waals surface area (Å²) in [6, 6.07) is 15.6. The van der Waals surface area contributed by atoms with Crippen molar-refractivity contribution in [1.29, 1.82) is 0 Å². The number of fused-ring (bicyclic) bond motifs is 1. The quantitative estimate of drug-likeness (QED) is 0.384. The van der Waals surface area contributed by atoms with Crippen LogP contribution in [0.25, 0.3) is 10.9 Å². The SMILES string of the molecule is Cc1cc(COc2ccc(S(=O)(=O)CC3(CC(=O)NOC(=O)C(F)(F)F)CCCC3)cc2)c2ccccc2n1. The van der Waals surface area contributed by atoms with Crippen molar-refractivity contribution in [2.45, 2.75) is 56.7 Å². The minimum Gasteiger partial charge on any atom is -0.489 e. The van der Waals surface area contributed by atoms with Gasteiger partial charge < -0.3 is 9.57 Å². The summed E-state index contributed by atoms with van der Waals surface area (Å²) >= 11 is 0. The maximum Gasteiger partial charge on any atom is 0.493 e. The van der Waals surface area contributed by atoms with Crippen LogP contribution in [0.3, 0.4) is 0 Å². The van der Waals surface area contributed by atoms with E-state index < -0.39 is 39.7 Å². The van der Waals surface area contributed by atoms with Crippen LogP contribution in [0, 0.1) is 12.3 Å². The fourth-order valence-electron chi connectivity index (χ4n) is 4.94. The van der Waals surface area contributed by atoms with Crippen LogP contribution in [0.15, 0.2) is 59.5 Å². The molecule has 4 rings (SSSR count). The molecule has 1 aliphatic carbocycles. The van der Waals surface area contributed by atoms with Crippen molar-refractivity contribution in [2.24, 2.45) is 5.41 Å². The molecule has 8 nitrogen and oxygen atoms in total. The number of alkyl halides is 3. The van der Waals surface area contributed by atoms with Crippen LogP contribution in [0.2, 0.25) is 0 Å². The van der Waals surface area contributed by atoms with E-state index in [1.165, 1.54) is 17.6 Å². The Bertz CT molecular complexity index is 1470. The molecule has 1 heterocycles. The highest BCUT2D eigenvalue weighted by atomic mass is 32.2. The van der Waals surface area contributed by atoms with Crippen molar-refractivity contribution in [3.05, 3.63) is 65.9 Å². The Morgan fingerprint density at radius 2 is 1.72 bits per heavy atom. The Kier molecular flexibility index (Phi) is 8.15. The molecule has 0 atom stereocenters. The number of aromatic nitrogens is 1. The number of carbonyl (C=O) groups excluding carboxylic acids is 2. The van der Waals surface area contributed by atoms with Crippen LogP contribution >= 0.6 is 0 Å². The second-order valence-electron chi connectivity index (χ2n) is 9.76. The number of nitrogens with zero attached hydrogens (tertiary/aromatic N) is 1. The molecule has 1 aliphatic rings. The minimum atomic E-state index is -5.26. The summed E-state index contributed by atoms with van der Waals surface area (Å²) in [5, 5.41) is 0.960. The Morgan fingerprint density at radius 1 is 1.05 bits per heavy atom. The van der Waals surface area contributed by atoms with Crippen molar-refractivity contribution in [1.82, 2.24) is 10.5 Å². The van der Waals surface area contributed by atoms with E-state index in [9.17, 15) is 31.2 Å². The summed E-state index contributed by atoms with van der Waals surface area (Å²) < 4.78 is 69.3. The number of hydrogen-bond acceptors (Lipinski definition) is 7. The highest BCUT2D eigenvalue weighted by Gasteiger charge is 2.43. The molecule has 208 valence electrons. The third kappa shape index (κ3) is 7.05. The van der Waals surface area contributed by atoms with E-state index in [1.54, 1.807) is 12.1 Å². The molecule has 12 heteroatoms. The van der Waals surface area contributed by atoms with Gasteiger partial charge in [0.2, 0.25) is 0 Å². The van der Waals surface area contributed by atoms with E-state index in [1.807, 2.05) is 37.3 Å². The number of rotatable bonds is 8. The van der Waals surface area contributed by atoms with Crippen LogP contribution in [-0.4, -0.2) is 37.2 Å². The van der Waals surface area contributed by atoms with E-state index >= 15 is 0 Å². The average Bonchev–Trinajstić information content (AvgIpc) is 3.32. The van der Waals surface area contributed by atoms with E-state index in [2.05, 4.69) is 9.82 Å². The van der Waals surface area contributed by atoms with Crippen molar-refractivity contribution >= 4 is 32.6 Å². The van der Waals surface area contributed by atoms with Crippen molar-refractivity contribution in [2.75, 3.05) is 5.75 Å². The maximum atomic E-state index is 13.2. The lowest BCUT2D eigenvalue weighted by Crippen LogP contribution is -2.38.